The van der Waals surface area contributed by atoms with Gasteiger partial charge in [-0.05, 0) is 52.8 Å². The van der Waals surface area contributed by atoms with Crippen LogP contribution < -0.4 is 10.2 Å². The molecule has 5 heteroatoms. The second-order valence-electron chi connectivity index (χ2n) is 6.23. The van der Waals surface area contributed by atoms with Crippen LogP contribution in [-0.2, 0) is 4.74 Å². The van der Waals surface area contributed by atoms with Gasteiger partial charge in [-0.1, -0.05) is 19.9 Å². The van der Waals surface area contributed by atoms with Crippen molar-refractivity contribution >= 4 is 5.82 Å². The van der Waals surface area contributed by atoms with E-state index in [9.17, 15) is 0 Å². The number of rotatable bonds is 2. The summed E-state index contributed by atoms with van der Waals surface area (Å²) in [5.41, 5.74) is 1.26. The molecule has 2 heterocycles. The lowest BCUT2D eigenvalue weighted by Gasteiger charge is -2.17. The summed E-state index contributed by atoms with van der Waals surface area (Å²) in [5, 5.41) is 3.31. The molecule has 3 N–H and O–H groups in total. The number of methoxy groups -OCH3 is 1. The van der Waals surface area contributed by atoms with Gasteiger partial charge >= 0.3 is 0 Å². The van der Waals surface area contributed by atoms with Crippen molar-refractivity contribution in [1.29, 1.82) is 0 Å². The predicted molar refractivity (Wildman–Crippen MR) is 100 cm³/mol. The van der Waals surface area contributed by atoms with Crippen LogP contribution in [-0.4, -0.2) is 49.4 Å². The Morgan fingerprint density at radius 2 is 1.83 bits per heavy atom. The van der Waals surface area contributed by atoms with E-state index >= 15 is 0 Å². The summed E-state index contributed by atoms with van der Waals surface area (Å²) in [7, 11) is 3.73. The second kappa shape index (κ2) is 12.3. The van der Waals surface area contributed by atoms with Gasteiger partial charge in [0.2, 0.25) is 0 Å². The molecule has 1 aromatic heterocycles. The number of ether oxygens (including phenoxy) is 1. The van der Waals surface area contributed by atoms with Crippen LogP contribution in [0.3, 0.4) is 0 Å². The van der Waals surface area contributed by atoms with E-state index in [1.807, 2.05) is 47.9 Å². The molecule has 1 atom stereocenters. The van der Waals surface area contributed by atoms with Gasteiger partial charge < -0.3 is 20.4 Å². The average molecular weight is 328 g/mol. The Kier molecular flexibility index (Phi) is 12.9. The Balaban J connectivity index is 0. The van der Waals surface area contributed by atoms with E-state index in [4.69, 9.17) is 4.74 Å². The van der Waals surface area contributed by atoms with Gasteiger partial charge in [0.1, 0.15) is 5.82 Å². The van der Waals surface area contributed by atoms with Crippen molar-refractivity contribution < 1.29 is 10.2 Å². The minimum Gasteiger partial charge on any atom is -0.412 e. The molecule has 0 bridgehead atoms. The molecule has 23 heavy (non-hydrogen) atoms. The van der Waals surface area contributed by atoms with Crippen LogP contribution >= 0.6 is 0 Å². The first-order valence-electron chi connectivity index (χ1n) is 8.25. The average Bonchev–Trinajstić information content (AvgIpc) is 2.99. The molecule has 0 amide bonds. The SMILES string of the molecule is CC.CN[C@@H]1CCN(c2ccc(C)cn2)C1.COC(C)(C)C.O. The number of nitrogens with one attached hydrogen (secondary N) is 1. The fraction of sp³-hybridized carbons (Fsp3) is 0.722. The van der Waals surface area contributed by atoms with Gasteiger partial charge in [-0.3, -0.25) is 0 Å². The van der Waals surface area contributed by atoms with Crippen LogP contribution in [0.4, 0.5) is 5.82 Å². The van der Waals surface area contributed by atoms with Gasteiger partial charge in [0.15, 0.2) is 0 Å². The molecule has 1 fully saturated rings. The lowest BCUT2D eigenvalue weighted by atomic mass is 10.2. The summed E-state index contributed by atoms with van der Waals surface area (Å²) in [6.45, 7) is 14.3. The molecule has 0 unspecified atom stereocenters. The van der Waals surface area contributed by atoms with Gasteiger partial charge in [-0.2, -0.15) is 0 Å². The molecule has 1 aliphatic heterocycles. The third kappa shape index (κ3) is 10.3. The molecule has 0 aromatic carbocycles. The number of nitrogens with zero attached hydrogens (tertiary/aromatic N) is 2. The lowest BCUT2D eigenvalue weighted by Crippen LogP contribution is -2.29. The highest BCUT2D eigenvalue weighted by Gasteiger charge is 2.21. The number of anilines is 1. The normalized spacial score (nSPS) is 16.5. The number of likely N-dealkylation sites (N-methyl/N-ethyl adjacent to an activating group) is 1. The quantitative estimate of drug-likeness (QED) is 0.907. The summed E-state index contributed by atoms with van der Waals surface area (Å²) in [6.07, 6.45) is 3.15. The minimum absolute atomic E-state index is 0. The van der Waals surface area contributed by atoms with E-state index in [1.54, 1.807) is 7.11 Å². The maximum atomic E-state index is 4.94. The maximum absolute atomic E-state index is 4.94. The van der Waals surface area contributed by atoms with Crippen molar-refractivity contribution in [2.75, 3.05) is 32.1 Å². The number of hydrogen-bond donors (Lipinski definition) is 1. The van der Waals surface area contributed by atoms with E-state index < -0.39 is 0 Å². The van der Waals surface area contributed by atoms with Gasteiger partial charge in [0, 0.05) is 32.4 Å². The molecule has 136 valence electrons. The van der Waals surface area contributed by atoms with Crippen LogP contribution in [0.5, 0.6) is 0 Å². The number of pyridine rings is 1. The van der Waals surface area contributed by atoms with Crippen molar-refractivity contribution in [3.63, 3.8) is 0 Å². The third-order valence-electron chi connectivity index (χ3n) is 3.43. The number of aromatic nitrogens is 1. The van der Waals surface area contributed by atoms with E-state index in [0.717, 1.165) is 18.9 Å². The zero-order valence-electron chi connectivity index (χ0n) is 16.2. The molecule has 0 aliphatic carbocycles. The first-order chi connectivity index (χ1) is 10.4. The van der Waals surface area contributed by atoms with E-state index in [0.29, 0.717) is 6.04 Å². The van der Waals surface area contributed by atoms with Crippen LogP contribution in [0.1, 0.15) is 46.6 Å². The summed E-state index contributed by atoms with van der Waals surface area (Å²) < 4.78 is 4.94. The lowest BCUT2D eigenvalue weighted by molar-refractivity contribution is 0.0397. The molecule has 0 saturated carbocycles. The minimum atomic E-state index is 0. The molecular weight excluding hydrogens is 290 g/mol. The van der Waals surface area contributed by atoms with Crippen LogP contribution in [0.15, 0.2) is 18.3 Å². The Bertz CT molecular complexity index is 388. The van der Waals surface area contributed by atoms with Crippen LogP contribution in [0.25, 0.3) is 0 Å². The van der Waals surface area contributed by atoms with Gasteiger partial charge in [0.25, 0.3) is 0 Å². The monoisotopic (exact) mass is 327 g/mol. The molecule has 5 nitrogen and oxygen atoms in total. The smallest absolute Gasteiger partial charge is 0.128 e. The predicted octanol–water partition coefficient (Wildman–Crippen LogP) is 2.82. The van der Waals surface area contributed by atoms with Crippen molar-refractivity contribution in [3.8, 4) is 0 Å². The topological polar surface area (TPSA) is 68.9 Å². The zero-order chi connectivity index (χ0) is 17.2. The number of aryl methyl sites for hydroxylation is 1. The fourth-order valence-corrected chi connectivity index (χ4v) is 1.85. The summed E-state index contributed by atoms with van der Waals surface area (Å²) in [5.74, 6) is 1.10. The summed E-state index contributed by atoms with van der Waals surface area (Å²) in [6, 6.07) is 4.85. The first kappa shape index (κ1) is 24.1. The van der Waals surface area contributed by atoms with Crippen molar-refractivity contribution in [1.82, 2.24) is 10.3 Å². The van der Waals surface area contributed by atoms with Crippen molar-refractivity contribution in [2.24, 2.45) is 0 Å². The molecule has 0 radical (unpaired) electrons. The van der Waals surface area contributed by atoms with Crippen LogP contribution in [0, 0.1) is 6.92 Å². The third-order valence-corrected chi connectivity index (χ3v) is 3.43. The molecule has 0 spiro atoms. The maximum Gasteiger partial charge on any atom is 0.128 e. The number of hydrogen-bond acceptors (Lipinski definition) is 4. The highest BCUT2D eigenvalue weighted by Crippen LogP contribution is 2.17. The Labute approximate surface area is 142 Å². The van der Waals surface area contributed by atoms with E-state index in [-0.39, 0.29) is 11.1 Å². The van der Waals surface area contributed by atoms with Gasteiger partial charge in [-0.15, -0.1) is 0 Å². The highest BCUT2D eigenvalue weighted by atomic mass is 16.5. The van der Waals surface area contributed by atoms with Crippen molar-refractivity contribution in [2.45, 2.75) is 59.6 Å². The Hall–Kier alpha value is -1.17. The molecule has 1 aromatic rings. The highest BCUT2D eigenvalue weighted by molar-refractivity contribution is 5.40. The molecule has 2 rings (SSSR count). The van der Waals surface area contributed by atoms with Gasteiger partial charge in [-0.25, -0.2) is 4.98 Å². The molecule has 1 saturated heterocycles. The fourth-order valence-electron chi connectivity index (χ4n) is 1.85. The first-order valence-corrected chi connectivity index (χ1v) is 8.25. The van der Waals surface area contributed by atoms with E-state index in [1.165, 1.54) is 12.0 Å². The largest absolute Gasteiger partial charge is 0.412 e. The van der Waals surface area contributed by atoms with Crippen molar-refractivity contribution in [3.05, 3.63) is 23.9 Å². The van der Waals surface area contributed by atoms with E-state index in [2.05, 4.69) is 34.3 Å². The Morgan fingerprint density at radius 1 is 1.26 bits per heavy atom. The van der Waals surface area contributed by atoms with Crippen LogP contribution in [0.2, 0.25) is 0 Å². The standard InChI is InChI=1S/C11H17N3.C5H12O.C2H6.H2O/c1-9-3-4-11(13-7-9)14-6-5-10(8-14)12-2;1-5(2,3)6-4;1-2;/h3-4,7,10,12H,5-6,8H2,1-2H3;1-4H3;1-2H3;1H2/t10-;;;/m1.../s1. The second-order valence-corrected chi connectivity index (χ2v) is 6.23. The zero-order valence-corrected chi connectivity index (χ0v) is 16.2. The molecule has 1 aliphatic rings. The van der Waals surface area contributed by atoms with Gasteiger partial charge in [0.05, 0.1) is 5.60 Å². The summed E-state index contributed by atoms with van der Waals surface area (Å²) >= 11 is 0. The molecular formula is C18H37N3O2. The summed E-state index contributed by atoms with van der Waals surface area (Å²) in [4.78, 5) is 6.76. The Morgan fingerprint density at radius 3 is 2.17 bits per heavy atom.